The lowest BCUT2D eigenvalue weighted by atomic mass is 10.0. The van der Waals surface area contributed by atoms with Crippen molar-refractivity contribution in [2.45, 2.75) is 57.1 Å². The van der Waals surface area contributed by atoms with Crippen molar-refractivity contribution in [1.82, 2.24) is 10.2 Å². The van der Waals surface area contributed by atoms with Gasteiger partial charge in [0, 0.05) is 18.5 Å². The molecule has 0 fully saturated rings. The molecule has 1 atom stereocenters. The summed E-state index contributed by atoms with van der Waals surface area (Å²) in [5.74, 6) is -0.0376. The number of hydrogen-bond donors (Lipinski definition) is 1. The van der Waals surface area contributed by atoms with Gasteiger partial charge in [0.05, 0.1) is 29.8 Å². The Kier molecular flexibility index (Phi) is 11.8. The molecule has 11 heteroatoms. The Morgan fingerprint density at radius 1 is 0.854 bits per heavy atom. The first-order chi connectivity index (χ1) is 22.7. The molecule has 0 heterocycles. The number of ether oxygens (including phenoxy) is 2. The predicted molar refractivity (Wildman–Crippen MR) is 189 cm³/mol. The van der Waals surface area contributed by atoms with E-state index in [0.717, 1.165) is 15.4 Å². The summed E-state index contributed by atoms with van der Waals surface area (Å²) in [6.07, 6.45) is 0.192. The van der Waals surface area contributed by atoms with E-state index in [2.05, 4.69) is 5.32 Å². The van der Waals surface area contributed by atoms with Crippen molar-refractivity contribution in [3.8, 4) is 11.5 Å². The van der Waals surface area contributed by atoms with E-state index in [0.29, 0.717) is 17.1 Å². The summed E-state index contributed by atoms with van der Waals surface area (Å²) in [4.78, 5) is 30.2. The minimum atomic E-state index is -4.29. The van der Waals surface area contributed by atoms with Crippen LogP contribution in [0.1, 0.15) is 37.5 Å². The van der Waals surface area contributed by atoms with E-state index in [-0.39, 0.29) is 34.5 Å². The highest BCUT2D eigenvalue weighted by Crippen LogP contribution is 2.32. The van der Waals surface area contributed by atoms with Crippen LogP contribution in [0.5, 0.6) is 11.5 Å². The Labute approximate surface area is 288 Å². The molecule has 0 bridgehead atoms. The fraction of sp³-hybridized carbons (Fsp3) is 0.297. The van der Waals surface area contributed by atoms with Crippen molar-refractivity contribution in [2.75, 3.05) is 25.1 Å². The van der Waals surface area contributed by atoms with Gasteiger partial charge in [-0.25, -0.2) is 8.42 Å². The molecule has 0 aliphatic heterocycles. The average Bonchev–Trinajstić information content (AvgIpc) is 3.05. The number of sulfonamides is 1. The summed E-state index contributed by atoms with van der Waals surface area (Å²) >= 11 is 6.46. The van der Waals surface area contributed by atoms with Gasteiger partial charge in [0.1, 0.15) is 24.1 Å². The van der Waals surface area contributed by atoms with Crippen molar-refractivity contribution >= 4 is 39.1 Å². The summed E-state index contributed by atoms with van der Waals surface area (Å²) in [5, 5.41) is 3.20. The molecular weight excluding hydrogens is 650 g/mol. The number of rotatable bonds is 13. The zero-order valence-corrected chi connectivity index (χ0v) is 29.6. The van der Waals surface area contributed by atoms with E-state index in [1.165, 1.54) is 36.3 Å². The minimum absolute atomic E-state index is 0.00139. The Balaban J connectivity index is 1.85. The molecule has 48 heavy (non-hydrogen) atoms. The van der Waals surface area contributed by atoms with Gasteiger partial charge in [-0.05, 0) is 81.3 Å². The highest BCUT2D eigenvalue weighted by atomic mass is 35.5. The fourth-order valence-electron chi connectivity index (χ4n) is 5.15. The lowest BCUT2D eigenvalue weighted by Crippen LogP contribution is -2.56. The highest BCUT2D eigenvalue weighted by molar-refractivity contribution is 7.92. The second-order valence-electron chi connectivity index (χ2n) is 12.5. The lowest BCUT2D eigenvalue weighted by molar-refractivity contribution is -0.140. The maximum absolute atomic E-state index is 14.7. The molecule has 9 nitrogen and oxygen atoms in total. The molecular formula is C37H42ClN3O6S. The standard InChI is InChI=1S/C37H42ClN3O6S/c1-26-15-18-31(19-16-26)48(44,45)41(29-17-20-34(47-6)32(38)23-29)25-35(42)40(24-28-13-10-14-30(21-28)46-5)33(36(43)39-37(2,3)4)22-27-11-8-7-9-12-27/h7-21,23,33H,22,24-25H2,1-6H3,(H,39,43). The van der Waals surface area contributed by atoms with E-state index in [9.17, 15) is 18.0 Å². The summed E-state index contributed by atoms with van der Waals surface area (Å²) in [6, 6.07) is 26.5. The second kappa shape index (κ2) is 15.6. The van der Waals surface area contributed by atoms with Gasteiger partial charge in [-0.15, -0.1) is 0 Å². The van der Waals surface area contributed by atoms with E-state index in [4.69, 9.17) is 21.1 Å². The molecule has 4 aromatic carbocycles. The Morgan fingerprint density at radius 2 is 1.52 bits per heavy atom. The third kappa shape index (κ3) is 9.29. The second-order valence-corrected chi connectivity index (χ2v) is 14.7. The largest absolute Gasteiger partial charge is 0.497 e. The molecule has 0 saturated heterocycles. The molecule has 0 spiro atoms. The topological polar surface area (TPSA) is 105 Å². The zero-order valence-electron chi connectivity index (χ0n) is 28.1. The number of carbonyl (C=O) groups is 2. The molecule has 0 radical (unpaired) electrons. The van der Waals surface area contributed by atoms with Crippen LogP contribution >= 0.6 is 11.6 Å². The van der Waals surface area contributed by atoms with Crippen LogP contribution in [0, 0.1) is 6.92 Å². The zero-order chi connectivity index (χ0) is 35.1. The van der Waals surface area contributed by atoms with E-state index < -0.39 is 34.1 Å². The molecule has 0 aliphatic rings. The lowest BCUT2D eigenvalue weighted by Gasteiger charge is -2.35. The van der Waals surface area contributed by atoms with Crippen molar-refractivity contribution in [3.63, 3.8) is 0 Å². The highest BCUT2D eigenvalue weighted by Gasteiger charge is 2.36. The molecule has 254 valence electrons. The van der Waals surface area contributed by atoms with Gasteiger partial charge in [0.25, 0.3) is 10.0 Å². The van der Waals surface area contributed by atoms with Gasteiger partial charge >= 0.3 is 0 Å². The quantitative estimate of drug-likeness (QED) is 0.174. The first-order valence-corrected chi connectivity index (χ1v) is 17.2. The van der Waals surface area contributed by atoms with E-state index in [1.54, 1.807) is 43.5 Å². The number of methoxy groups -OCH3 is 2. The molecule has 2 amide bonds. The van der Waals surface area contributed by atoms with Crippen molar-refractivity contribution in [2.24, 2.45) is 0 Å². The number of hydrogen-bond acceptors (Lipinski definition) is 6. The number of benzene rings is 4. The van der Waals surface area contributed by atoms with Crippen LogP contribution in [0.3, 0.4) is 0 Å². The van der Waals surface area contributed by atoms with Crippen LogP contribution in [0.2, 0.25) is 5.02 Å². The van der Waals surface area contributed by atoms with Gasteiger partial charge in [0.15, 0.2) is 0 Å². The molecule has 0 aliphatic carbocycles. The SMILES string of the molecule is COc1cccc(CN(C(=O)CN(c2ccc(OC)c(Cl)c2)S(=O)(=O)c2ccc(C)cc2)C(Cc2ccccc2)C(=O)NC(C)(C)C)c1. The molecule has 1 N–H and O–H groups in total. The van der Waals surface area contributed by atoms with Crippen LogP contribution in [0.4, 0.5) is 5.69 Å². The van der Waals surface area contributed by atoms with Gasteiger partial charge in [0.2, 0.25) is 11.8 Å². The normalized spacial score (nSPS) is 12.1. The average molecular weight is 692 g/mol. The van der Waals surface area contributed by atoms with Crippen LogP contribution in [-0.2, 0) is 32.6 Å². The number of anilines is 1. The van der Waals surface area contributed by atoms with Crippen molar-refractivity contribution in [3.05, 3.63) is 119 Å². The molecule has 1 unspecified atom stereocenters. The van der Waals surface area contributed by atoms with Gasteiger partial charge in [-0.1, -0.05) is 71.8 Å². The summed E-state index contributed by atoms with van der Waals surface area (Å²) < 4.78 is 40.3. The maximum atomic E-state index is 14.7. The summed E-state index contributed by atoms with van der Waals surface area (Å²) in [5.41, 5.74) is 1.97. The summed E-state index contributed by atoms with van der Waals surface area (Å²) in [6.45, 7) is 6.84. The Bertz CT molecular complexity index is 1830. The number of aryl methyl sites for hydroxylation is 1. The van der Waals surface area contributed by atoms with Gasteiger partial charge in [-0.2, -0.15) is 0 Å². The van der Waals surface area contributed by atoms with Crippen molar-refractivity contribution in [1.29, 1.82) is 0 Å². The number of nitrogens with one attached hydrogen (secondary N) is 1. The molecule has 0 aromatic heterocycles. The van der Waals surface area contributed by atoms with E-state index >= 15 is 0 Å². The number of amides is 2. The van der Waals surface area contributed by atoms with Crippen LogP contribution in [-0.4, -0.2) is 57.5 Å². The van der Waals surface area contributed by atoms with Gasteiger partial charge < -0.3 is 19.7 Å². The number of nitrogens with zero attached hydrogens (tertiary/aromatic N) is 2. The smallest absolute Gasteiger partial charge is 0.264 e. The first kappa shape index (κ1) is 36.3. The molecule has 0 saturated carbocycles. The maximum Gasteiger partial charge on any atom is 0.264 e. The first-order valence-electron chi connectivity index (χ1n) is 15.4. The Hall–Kier alpha value is -4.54. The fourth-order valence-corrected chi connectivity index (χ4v) is 6.81. The van der Waals surface area contributed by atoms with E-state index in [1.807, 2.05) is 64.1 Å². The number of halogens is 1. The monoisotopic (exact) mass is 691 g/mol. The minimum Gasteiger partial charge on any atom is -0.497 e. The third-order valence-electron chi connectivity index (χ3n) is 7.57. The predicted octanol–water partition coefficient (Wildman–Crippen LogP) is 6.42. The summed E-state index contributed by atoms with van der Waals surface area (Å²) in [7, 11) is -1.29. The van der Waals surface area contributed by atoms with Crippen LogP contribution in [0.25, 0.3) is 0 Å². The molecule has 4 aromatic rings. The number of carbonyl (C=O) groups excluding carboxylic acids is 2. The molecule has 4 rings (SSSR count). The van der Waals surface area contributed by atoms with Crippen molar-refractivity contribution < 1.29 is 27.5 Å². The third-order valence-corrected chi connectivity index (χ3v) is 9.65. The Morgan fingerprint density at radius 3 is 2.12 bits per heavy atom. The van der Waals surface area contributed by atoms with Crippen LogP contribution in [0.15, 0.2) is 102 Å². The van der Waals surface area contributed by atoms with Crippen LogP contribution < -0.4 is 19.1 Å². The van der Waals surface area contributed by atoms with Gasteiger partial charge in [-0.3, -0.25) is 13.9 Å².